The van der Waals surface area contributed by atoms with Crippen molar-refractivity contribution in [3.63, 3.8) is 0 Å². The molecule has 126 valence electrons. The predicted octanol–water partition coefficient (Wildman–Crippen LogP) is 4.51. The van der Waals surface area contributed by atoms with E-state index in [1.54, 1.807) is 61.2 Å². The molecule has 25 heavy (non-hydrogen) atoms. The maximum atomic E-state index is 13.0. The Morgan fingerprint density at radius 1 is 1.16 bits per heavy atom. The zero-order chi connectivity index (χ0) is 18.4. The zero-order valence-electron chi connectivity index (χ0n) is 13.5. The van der Waals surface area contributed by atoms with E-state index in [-0.39, 0.29) is 16.7 Å². The van der Waals surface area contributed by atoms with E-state index in [0.717, 1.165) is 0 Å². The number of phenolic OH excluding ortho intramolecular Hbond substituents is 1. The van der Waals surface area contributed by atoms with Crippen molar-refractivity contribution >= 4 is 51.9 Å². The van der Waals surface area contributed by atoms with Crippen LogP contribution in [-0.4, -0.2) is 21.7 Å². The molecular weight excluding hydrogens is 358 g/mol. The second-order valence-electron chi connectivity index (χ2n) is 6.08. The van der Waals surface area contributed by atoms with E-state index in [2.05, 4.69) is 4.85 Å². The van der Waals surface area contributed by atoms with Crippen LogP contribution in [0, 0.1) is 6.57 Å². The third-order valence-electron chi connectivity index (χ3n) is 4.09. The number of phenols is 1. The highest BCUT2D eigenvalue weighted by Crippen LogP contribution is 2.38. The van der Waals surface area contributed by atoms with Gasteiger partial charge in [0.1, 0.15) is 11.3 Å². The fourth-order valence-electron chi connectivity index (χ4n) is 2.78. The van der Waals surface area contributed by atoms with E-state index in [9.17, 15) is 9.90 Å². The second-order valence-corrected chi connectivity index (χ2v) is 6.85. The highest BCUT2D eigenvalue weighted by Gasteiger charge is 2.50. The number of carbonyl (C=O) groups excluding carboxylic acids is 1. The van der Waals surface area contributed by atoms with Gasteiger partial charge < -0.3 is 10.0 Å². The first-order valence-electron chi connectivity index (χ1n) is 7.42. The fourth-order valence-corrected chi connectivity index (χ4v) is 3.52. The molecule has 1 N–H and O–H groups in total. The van der Waals surface area contributed by atoms with Crippen LogP contribution in [0.4, 0.5) is 17.1 Å². The van der Waals surface area contributed by atoms with Gasteiger partial charge >= 0.3 is 0 Å². The molecule has 0 atom stereocenters. The third kappa shape index (κ3) is 2.72. The van der Waals surface area contributed by atoms with Crippen LogP contribution < -0.4 is 9.80 Å². The number of hydrogen-bond acceptors (Lipinski definition) is 3. The molecule has 1 fully saturated rings. The SMILES string of the molecule is [C-]#[N+]c1ccc(N2C(=O)C(C)(C)N(c3ccc(O)cc3)C2=S)cc1Cl. The minimum absolute atomic E-state index is 0.136. The molecule has 1 aliphatic heterocycles. The normalized spacial score (nSPS) is 16.2. The minimum Gasteiger partial charge on any atom is -0.508 e. The Morgan fingerprint density at radius 3 is 2.32 bits per heavy atom. The van der Waals surface area contributed by atoms with Crippen molar-refractivity contribution in [1.82, 2.24) is 0 Å². The summed E-state index contributed by atoms with van der Waals surface area (Å²) < 4.78 is 0. The molecule has 1 heterocycles. The van der Waals surface area contributed by atoms with Gasteiger partial charge in [0.15, 0.2) is 5.11 Å². The van der Waals surface area contributed by atoms with Gasteiger partial charge in [-0.2, -0.15) is 0 Å². The van der Waals surface area contributed by atoms with E-state index in [1.165, 1.54) is 4.90 Å². The molecular formula is C18H14ClN3O2S. The number of benzene rings is 2. The van der Waals surface area contributed by atoms with E-state index in [4.69, 9.17) is 30.4 Å². The molecule has 2 aromatic carbocycles. The largest absolute Gasteiger partial charge is 0.508 e. The topological polar surface area (TPSA) is 48.1 Å². The molecule has 0 unspecified atom stereocenters. The van der Waals surface area contributed by atoms with Crippen LogP contribution in [0.2, 0.25) is 5.02 Å². The Bertz CT molecular complexity index is 919. The molecule has 0 saturated carbocycles. The third-order valence-corrected chi connectivity index (χ3v) is 4.75. The molecule has 1 saturated heterocycles. The van der Waals surface area contributed by atoms with Crippen molar-refractivity contribution in [1.29, 1.82) is 0 Å². The number of halogens is 1. The summed E-state index contributed by atoms with van der Waals surface area (Å²) >= 11 is 11.7. The number of nitrogens with zero attached hydrogens (tertiary/aromatic N) is 3. The number of rotatable bonds is 2. The molecule has 1 amide bonds. The van der Waals surface area contributed by atoms with Crippen LogP contribution >= 0.6 is 23.8 Å². The van der Waals surface area contributed by atoms with Gasteiger partial charge in [-0.15, -0.1) is 0 Å². The summed E-state index contributed by atoms with van der Waals surface area (Å²) in [6.45, 7) is 10.6. The van der Waals surface area contributed by atoms with Crippen molar-refractivity contribution in [2.45, 2.75) is 19.4 Å². The maximum absolute atomic E-state index is 13.0. The highest BCUT2D eigenvalue weighted by molar-refractivity contribution is 7.81. The molecule has 3 rings (SSSR count). The van der Waals surface area contributed by atoms with E-state index in [1.807, 2.05) is 0 Å². The Balaban J connectivity index is 2.07. The lowest BCUT2D eigenvalue weighted by molar-refractivity contribution is -0.120. The predicted molar refractivity (Wildman–Crippen MR) is 102 cm³/mol. The fraction of sp³-hybridized carbons (Fsp3) is 0.167. The second kappa shape index (κ2) is 6.03. The maximum Gasteiger partial charge on any atom is 0.259 e. The molecule has 5 nitrogen and oxygen atoms in total. The van der Waals surface area contributed by atoms with E-state index in [0.29, 0.717) is 22.2 Å². The Labute approximate surface area is 155 Å². The van der Waals surface area contributed by atoms with Crippen molar-refractivity contribution in [3.05, 3.63) is 58.9 Å². The Morgan fingerprint density at radius 2 is 1.76 bits per heavy atom. The molecule has 0 aromatic heterocycles. The van der Waals surface area contributed by atoms with Crippen molar-refractivity contribution in [3.8, 4) is 5.75 Å². The zero-order valence-corrected chi connectivity index (χ0v) is 15.1. The average Bonchev–Trinajstić information content (AvgIpc) is 2.74. The molecule has 7 heteroatoms. The molecule has 0 radical (unpaired) electrons. The first kappa shape index (κ1) is 17.2. The molecule has 0 spiro atoms. The quantitative estimate of drug-likeness (QED) is 0.623. The van der Waals surface area contributed by atoms with E-state index >= 15 is 0 Å². The standard InChI is InChI=1S/C18H14ClN3O2S/c1-18(2)16(24)21(12-6-9-15(20-3)14(19)10-12)17(25)22(18)11-4-7-13(23)8-5-11/h4-10,23H,1-2H3. The van der Waals surface area contributed by atoms with Gasteiger partial charge in [0.25, 0.3) is 5.91 Å². The van der Waals surface area contributed by atoms with Crippen molar-refractivity contribution < 1.29 is 9.90 Å². The van der Waals surface area contributed by atoms with Gasteiger partial charge in [0.2, 0.25) is 5.69 Å². The highest BCUT2D eigenvalue weighted by atomic mass is 35.5. The first-order valence-corrected chi connectivity index (χ1v) is 8.21. The lowest BCUT2D eigenvalue weighted by Gasteiger charge is -2.29. The summed E-state index contributed by atoms with van der Waals surface area (Å²) in [5.41, 5.74) is 0.630. The number of hydrogen-bond donors (Lipinski definition) is 1. The van der Waals surface area contributed by atoms with Crippen LogP contribution in [0.1, 0.15) is 13.8 Å². The van der Waals surface area contributed by atoms with Gasteiger partial charge in [0.05, 0.1) is 12.3 Å². The molecule has 0 bridgehead atoms. The van der Waals surface area contributed by atoms with Gasteiger partial charge in [-0.05, 0) is 62.5 Å². The van der Waals surface area contributed by atoms with Crippen LogP contribution in [0.5, 0.6) is 5.75 Å². The average molecular weight is 372 g/mol. The van der Waals surface area contributed by atoms with Crippen LogP contribution in [0.3, 0.4) is 0 Å². The molecule has 2 aromatic rings. The Hall–Kier alpha value is -2.62. The number of aromatic hydroxyl groups is 1. The lowest BCUT2D eigenvalue weighted by atomic mass is 10.0. The van der Waals surface area contributed by atoms with E-state index < -0.39 is 5.54 Å². The van der Waals surface area contributed by atoms with Crippen molar-refractivity contribution in [2.24, 2.45) is 0 Å². The summed E-state index contributed by atoms with van der Waals surface area (Å²) in [7, 11) is 0. The monoisotopic (exact) mass is 371 g/mol. The number of amides is 1. The summed E-state index contributed by atoms with van der Waals surface area (Å²) in [6, 6.07) is 11.3. The molecule has 0 aliphatic carbocycles. The number of thiocarbonyl (C=S) groups is 1. The number of carbonyl (C=O) groups is 1. The molecule has 1 aliphatic rings. The summed E-state index contributed by atoms with van der Waals surface area (Å²) in [6.07, 6.45) is 0. The lowest BCUT2D eigenvalue weighted by Crippen LogP contribution is -2.44. The summed E-state index contributed by atoms with van der Waals surface area (Å²) in [5.74, 6) is -0.0615. The van der Waals surface area contributed by atoms with Crippen LogP contribution in [0.25, 0.3) is 4.85 Å². The van der Waals surface area contributed by atoms with Gasteiger partial charge in [-0.1, -0.05) is 17.7 Å². The first-order chi connectivity index (χ1) is 11.8. The van der Waals surface area contributed by atoms with Crippen molar-refractivity contribution in [2.75, 3.05) is 9.80 Å². The van der Waals surface area contributed by atoms with Crippen LogP contribution in [-0.2, 0) is 4.79 Å². The summed E-state index contributed by atoms with van der Waals surface area (Å²) in [4.78, 5) is 19.5. The summed E-state index contributed by atoms with van der Waals surface area (Å²) in [5, 5.41) is 10.1. The smallest absolute Gasteiger partial charge is 0.259 e. The Kier molecular flexibility index (Phi) is 4.15. The van der Waals surface area contributed by atoms with Crippen LogP contribution in [0.15, 0.2) is 42.5 Å². The number of anilines is 2. The van der Waals surface area contributed by atoms with Gasteiger partial charge in [-0.3, -0.25) is 9.69 Å². The van der Waals surface area contributed by atoms with Gasteiger partial charge in [0, 0.05) is 10.7 Å². The minimum atomic E-state index is -0.904. The van der Waals surface area contributed by atoms with Gasteiger partial charge in [-0.25, -0.2) is 4.85 Å².